The van der Waals surface area contributed by atoms with Crippen molar-refractivity contribution in [2.75, 3.05) is 5.32 Å². The van der Waals surface area contributed by atoms with Crippen LogP contribution in [0.15, 0.2) is 42.5 Å². The normalized spacial score (nSPS) is 17.3. The number of benzene rings is 2. The van der Waals surface area contributed by atoms with Crippen molar-refractivity contribution in [1.82, 2.24) is 0 Å². The van der Waals surface area contributed by atoms with Crippen LogP contribution in [0.25, 0.3) is 0 Å². The van der Waals surface area contributed by atoms with Crippen LogP contribution in [0.4, 0.5) is 5.69 Å². The third-order valence-corrected chi connectivity index (χ3v) is 6.44. The lowest BCUT2D eigenvalue weighted by Crippen LogP contribution is -2.41. The van der Waals surface area contributed by atoms with E-state index >= 15 is 0 Å². The van der Waals surface area contributed by atoms with Crippen LogP contribution in [-0.2, 0) is 37.4 Å². The van der Waals surface area contributed by atoms with E-state index in [0.29, 0.717) is 6.54 Å². The molecule has 1 N–H and O–H groups in total. The molecule has 6 heteroatoms. The van der Waals surface area contributed by atoms with Gasteiger partial charge in [0.1, 0.15) is 6.61 Å². The average Bonchev–Trinajstić information content (AvgIpc) is 2.91. The van der Waals surface area contributed by atoms with Gasteiger partial charge in [0.25, 0.3) is 0 Å². The molecule has 0 aromatic heterocycles. The zero-order valence-electron chi connectivity index (χ0n) is 20.7. The van der Waals surface area contributed by atoms with Gasteiger partial charge < -0.3 is 19.4 Å². The van der Waals surface area contributed by atoms with E-state index < -0.39 is 18.3 Å². The Morgan fingerprint density at radius 3 is 2.12 bits per heavy atom. The SMILES string of the molecule is CC(=O)OCc1c(NCc2ccc(C(C)(C)C)cc2)cccc1B1OC(C)(C)C(C)(C)O1. The molecule has 0 unspecified atom stereocenters. The Kier molecular flexibility index (Phi) is 6.78. The number of anilines is 1. The predicted octanol–water partition coefficient (Wildman–Crippen LogP) is 4.96. The summed E-state index contributed by atoms with van der Waals surface area (Å²) < 4.78 is 17.9. The summed E-state index contributed by atoms with van der Waals surface area (Å²) in [4.78, 5) is 11.6. The Bertz CT molecular complexity index is 945. The van der Waals surface area contributed by atoms with Crippen LogP contribution in [0, 0.1) is 0 Å². The molecule has 0 aliphatic carbocycles. The van der Waals surface area contributed by atoms with Crippen LogP contribution >= 0.6 is 0 Å². The number of ether oxygens (including phenoxy) is 1. The number of nitrogens with one attached hydrogen (secondary N) is 1. The fraction of sp³-hybridized carbons (Fsp3) is 0.500. The standard InChI is InChI=1S/C26H36BNO4/c1-18(29)30-17-21-22(27-31-25(5,6)26(7,8)32-27)10-9-11-23(21)28-16-19-12-14-20(15-13-19)24(2,3)4/h9-15,28H,16-17H2,1-8H3. The van der Waals surface area contributed by atoms with Crippen LogP contribution < -0.4 is 10.8 Å². The fourth-order valence-electron chi connectivity index (χ4n) is 3.62. The molecule has 1 saturated heterocycles. The van der Waals surface area contributed by atoms with Crippen molar-refractivity contribution in [1.29, 1.82) is 0 Å². The highest BCUT2D eigenvalue weighted by molar-refractivity contribution is 6.62. The minimum atomic E-state index is -0.529. The first-order valence-corrected chi connectivity index (χ1v) is 11.2. The molecule has 0 radical (unpaired) electrons. The lowest BCUT2D eigenvalue weighted by molar-refractivity contribution is -0.142. The Morgan fingerprint density at radius 2 is 1.59 bits per heavy atom. The largest absolute Gasteiger partial charge is 0.495 e. The van der Waals surface area contributed by atoms with Gasteiger partial charge in [0, 0.05) is 24.7 Å². The van der Waals surface area contributed by atoms with Gasteiger partial charge in [-0.2, -0.15) is 0 Å². The summed E-state index contributed by atoms with van der Waals surface area (Å²) in [5, 5.41) is 3.51. The minimum absolute atomic E-state index is 0.125. The number of hydrogen-bond donors (Lipinski definition) is 1. The lowest BCUT2D eigenvalue weighted by atomic mass is 9.75. The van der Waals surface area contributed by atoms with Crippen molar-refractivity contribution in [3.63, 3.8) is 0 Å². The van der Waals surface area contributed by atoms with Crippen molar-refractivity contribution in [3.8, 4) is 0 Å². The summed E-state index contributed by atoms with van der Waals surface area (Å²) in [7, 11) is -0.529. The van der Waals surface area contributed by atoms with Crippen LogP contribution in [0.3, 0.4) is 0 Å². The summed E-state index contributed by atoms with van der Waals surface area (Å²) >= 11 is 0. The highest BCUT2D eigenvalue weighted by atomic mass is 16.7. The molecule has 172 valence electrons. The maximum atomic E-state index is 11.6. The first-order valence-electron chi connectivity index (χ1n) is 11.2. The van der Waals surface area contributed by atoms with E-state index in [1.165, 1.54) is 18.1 Å². The predicted molar refractivity (Wildman–Crippen MR) is 130 cm³/mol. The van der Waals surface area contributed by atoms with Gasteiger partial charge in [-0.1, -0.05) is 57.2 Å². The second-order valence-electron chi connectivity index (χ2n) is 10.5. The van der Waals surface area contributed by atoms with Crippen molar-refractivity contribution < 1.29 is 18.8 Å². The van der Waals surface area contributed by atoms with E-state index in [2.05, 4.69) is 50.4 Å². The molecule has 1 heterocycles. The van der Waals surface area contributed by atoms with Gasteiger partial charge in [0.05, 0.1) is 11.2 Å². The second-order valence-corrected chi connectivity index (χ2v) is 10.5. The molecule has 1 fully saturated rings. The molecule has 32 heavy (non-hydrogen) atoms. The molecule has 0 saturated carbocycles. The number of carbonyl (C=O) groups is 1. The maximum Gasteiger partial charge on any atom is 0.495 e. The highest BCUT2D eigenvalue weighted by Gasteiger charge is 2.52. The Balaban J connectivity index is 1.85. The fourth-order valence-corrected chi connectivity index (χ4v) is 3.62. The van der Waals surface area contributed by atoms with Gasteiger partial charge in [-0.15, -0.1) is 0 Å². The maximum absolute atomic E-state index is 11.6. The van der Waals surface area contributed by atoms with E-state index in [4.69, 9.17) is 14.0 Å². The molecule has 0 bridgehead atoms. The van der Waals surface area contributed by atoms with E-state index in [1.807, 2.05) is 45.9 Å². The molecule has 1 aliphatic rings. The zero-order valence-corrected chi connectivity index (χ0v) is 20.7. The Labute approximate surface area is 193 Å². The molecule has 0 atom stereocenters. The van der Waals surface area contributed by atoms with E-state index in [-0.39, 0.29) is 18.0 Å². The lowest BCUT2D eigenvalue weighted by Gasteiger charge is -2.32. The molecule has 0 spiro atoms. The summed E-state index contributed by atoms with van der Waals surface area (Å²) in [6.07, 6.45) is 0. The van der Waals surface area contributed by atoms with Gasteiger partial charge in [0.2, 0.25) is 0 Å². The van der Waals surface area contributed by atoms with Crippen LogP contribution in [0.5, 0.6) is 0 Å². The van der Waals surface area contributed by atoms with Gasteiger partial charge >= 0.3 is 13.1 Å². The van der Waals surface area contributed by atoms with Gasteiger partial charge in [-0.05, 0) is 55.8 Å². The third-order valence-electron chi connectivity index (χ3n) is 6.44. The molecule has 5 nitrogen and oxygen atoms in total. The second kappa shape index (κ2) is 8.91. The van der Waals surface area contributed by atoms with E-state index in [0.717, 1.165) is 16.7 Å². The van der Waals surface area contributed by atoms with E-state index in [1.54, 1.807) is 0 Å². The number of hydrogen-bond acceptors (Lipinski definition) is 5. The zero-order chi connectivity index (χ0) is 23.7. The van der Waals surface area contributed by atoms with Crippen molar-refractivity contribution >= 4 is 24.2 Å². The van der Waals surface area contributed by atoms with Crippen LogP contribution in [0.1, 0.15) is 72.1 Å². The van der Waals surface area contributed by atoms with Crippen LogP contribution in [-0.4, -0.2) is 24.3 Å². The smallest absolute Gasteiger partial charge is 0.461 e. The molecular weight excluding hydrogens is 401 g/mol. The summed E-state index contributed by atoms with van der Waals surface area (Å²) in [5.74, 6) is -0.322. The molecule has 2 aromatic carbocycles. The Hall–Kier alpha value is -2.31. The third kappa shape index (κ3) is 5.36. The number of rotatable bonds is 6. The quantitative estimate of drug-likeness (QED) is 0.512. The average molecular weight is 437 g/mol. The summed E-state index contributed by atoms with van der Waals surface area (Å²) in [5.41, 5.74) is 4.35. The first kappa shape index (κ1) is 24.3. The van der Waals surface area contributed by atoms with Crippen molar-refractivity contribution in [3.05, 3.63) is 59.2 Å². The molecule has 2 aromatic rings. The van der Waals surface area contributed by atoms with Crippen LogP contribution in [0.2, 0.25) is 0 Å². The summed E-state index contributed by atoms with van der Waals surface area (Å²) in [6.45, 7) is 17.0. The Morgan fingerprint density at radius 1 is 1.00 bits per heavy atom. The number of esters is 1. The van der Waals surface area contributed by atoms with Gasteiger partial charge in [-0.25, -0.2) is 0 Å². The molecule has 3 rings (SSSR count). The minimum Gasteiger partial charge on any atom is -0.461 e. The van der Waals surface area contributed by atoms with Crippen molar-refractivity contribution in [2.45, 2.75) is 85.2 Å². The molecule has 1 aliphatic heterocycles. The highest BCUT2D eigenvalue weighted by Crippen LogP contribution is 2.37. The monoisotopic (exact) mass is 437 g/mol. The van der Waals surface area contributed by atoms with Crippen molar-refractivity contribution in [2.24, 2.45) is 0 Å². The van der Waals surface area contributed by atoms with E-state index in [9.17, 15) is 4.79 Å². The first-order chi connectivity index (χ1) is 14.8. The van der Waals surface area contributed by atoms with Gasteiger partial charge in [0.15, 0.2) is 0 Å². The molecular formula is C26H36BNO4. The summed E-state index contributed by atoms with van der Waals surface area (Å²) in [6, 6.07) is 14.6. The number of carbonyl (C=O) groups excluding carboxylic acids is 1. The molecule has 0 amide bonds. The topological polar surface area (TPSA) is 56.8 Å². The van der Waals surface area contributed by atoms with Gasteiger partial charge in [-0.3, -0.25) is 4.79 Å².